The van der Waals surface area contributed by atoms with E-state index in [0.717, 1.165) is 21.0 Å². The first-order valence-corrected chi connectivity index (χ1v) is 14.5. The summed E-state index contributed by atoms with van der Waals surface area (Å²) >= 11 is 6.07. The third-order valence-electron chi connectivity index (χ3n) is 6.27. The Labute approximate surface area is 236 Å². The number of nitrogens with one attached hydrogen (secondary N) is 1. The molecular formula is C30H36ClN3O4S. The van der Waals surface area contributed by atoms with E-state index in [2.05, 4.69) is 5.32 Å². The van der Waals surface area contributed by atoms with Gasteiger partial charge in [0.25, 0.3) is 10.0 Å². The molecular weight excluding hydrogens is 534 g/mol. The maximum Gasteiger partial charge on any atom is 0.264 e. The highest BCUT2D eigenvalue weighted by Gasteiger charge is 2.33. The zero-order valence-corrected chi connectivity index (χ0v) is 24.8. The predicted octanol–water partition coefficient (Wildman–Crippen LogP) is 5.48. The second-order valence-electron chi connectivity index (χ2n) is 10.7. The van der Waals surface area contributed by atoms with Crippen LogP contribution < -0.4 is 9.62 Å². The summed E-state index contributed by atoms with van der Waals surface area (Å²) in [5.41, 5.74) is 2.51. The maximum absolute atomic E-state index is 14.0. The Morgan fingerprint density at radius 1 is 0.923 bits per heavy atom. The molecule has 3 aromatic rings. The van der Waals surface area contributed by atoms with Crippen LogP contribution in [0.2, 0.25) is 5.02 Å². The smallest absolute Gasteiger partial charge is 0.264 e. The molecule has 0 aromatic heterocycles. The highest BCUT2D eigenvalue weighted by Crippen LogP contribution is 2.26. The molecule has 0 aliphatic rings. The first-order chi connectivity index (χ1) is 18.2. The van der Waals surface area contributed by atoms with Crippen molar-refractivity contribution in [2.45, 2.75) is 64.6 Å². The number of carbonyl (C=O) groups is 2. The van der Waals surface area contributed by atoms with Gasteiger partial charge in [-0.15, -0.1) is 0 Å². The SMILES string of the molecule is Cc1ccc(S(=O)(=O)N(CC(=O)N(Cc2ccccc2C)C(C)C(=O)NC(C)(C)C)c2ccc(Cl)cc2)cc1. The summed E-state index contributed by atoms with van der Waals surface area (Å²) in [6, 6.07) is 19.4. The molecule has 3 rings (SSSR count). The minimum atomic E-state index is -4.13. The fraction of sp³-hybridized carbons (Fsp3) is 0.333. The van der Waals surface area contributed by atoms with E-state index >= 15 is 0 Å². The second kappa shape index (κ2) is 12.2. The number of hydrogen-bond acceptors (Lipinski definition) is 4. The van der Waals surface area contributed by atoms with Crippen LogP contribution in [0.25, 0.3) is 0 Å². The molecule has 3 aromatic carbocycles. The molecule has 1 unspecified atom stereocenters. The lowest BCUT2D eigenvalue weighted by molar-refractivity contribution is -0.140. The van der Waals surface area contributed by atoms with Crippen molar-refractivity contribution in [3.63, 3.8) is 0 Å². The van der Waals surface area contributed by atoms with E-state index in [1.54, 1.807) is 43.3 Å². The standard InChI is InChI=1S/C30H36ClN3O4S/c1-21-11-17-27(18-12-21)39(37,38)34(26-15-13-25(31)14-16-26)20-28(35)33(19-24-10-8-7-9-22(24)2)23(3)29(36)32-30(4,5)6/h7-18,23H,19-20H2,1-6H3,(H,32,36). The first kappa shape index (κ1) is 30.2. The fourth-order valence-corrected chi connectivity index (χ4v) is 5.54. The Balaban J connectivity index is 2.04. The molecule has 0 radical (unpaired) electrons. The second-order valence-corrected chi connectivity index (χ2v) is 13.0. The Morgan fingerprint density at radius 2 is 1.51 bits per heavy atom. The molecule has 7 nitrogen and oxygen atoms in total. The van der Waals surface area contributed by atoms with Crippen molar-refractivity contribution in [1.82, 2.24) is 10.2 Å². The minimum Gasteiger partial charge on any atom is -0.350 e. The van der Waals surface area contributed by atoms with Crippen molar-refractivity contribution < 1.29 is 18.0 Å². The molecule has 0 bridgehead atoms. The normalized spacial score (nSPS) is 12.5. The highest BCUT2D eigenvalue weighted by molar-refractivity contribution is 7.92. The Hall–Kier alpha value is -3.36. The van der Waals surface area contributed by atoms with Gasteiger partial charge in [-0.25, -0.2) is 8.42 Å². The lowest BCUT2D eigenvalue weighted by atomic mass is 10.1. The molecule has 0 spiro atoms. The molecule has 39 heavy (non-hydrogen) atoms. The van der Waals surface area contributed by atoms with Gasteiger partial charge in [-0.1, -0.05) is 53.6 Å². The zero-order chi connectivity index (χ0) is 29.0. The number of nitrogens with zero attached hydrogens (tertiary/aromatic N) is 2. The van der Waals surface area contributed by atoms with Gasteiger partial charge in [0.1, 0.15) is 12.6 Å². The van der Waals surface area contributed by atoms with Crippen molar-refractivity contribution in [1.29, 1.82) is 0 Å². The van der Waals surface area contributed by atoms with Crippen molar-refractivity contribution >= 4 is 39.1 Å². The van der Waals surface area contributed by atoms with Crippen molar-refractivity contribution in [2.24, 2.45) is 0 Å². The Morgan fingerprint density at radius 3 is 2.08 bits per heavy atom. The first-order valence-electron chi connectivity index (χ1n) is 12.7. The van der Waals surface area contributed by atoms with Crippen molar-refractivity contribution in [2.75, 3.05) is 10.8 Å². The third-order valence-corrected chi connectivity index (χ3v) is 8.31. The third kappa shape index (κ3) is 7.83. The van der Waals surface area contributed by atoms with E-state index in [4.69, 9.17) is 11.6 Å². The molecule has 0 fully saturated rings. The summed E-state index contributed by atoms with van der Waals surface area (Å²) < 4.78 is 28.7. The molecule has 1 N–H and O–H groups in total. The van der Waals surface area contributed by atoms with Crippen LogP contribution in [0.5, 0.6) is 0 Å². The van der Waals surface area contributed by atoms with Gasteiger partial charge < -0.3 is 10.2 Å². The Bertz CT molecular complexity index is 1420. The molecule has 2 amide bonds. The summed E-state index contributed by atoms with van der Waals surface area (Å²) in [5, 5.41) is 3.36. The van der Waals surface area contributed by atoms with Crippen LogP contribution >= 0.6 is 11.6 Å². The van der Waals surface area contributed by atoms with Crippen LogP contribution in [0.3, 0.4) is 0 Å². The lowest BCUT2D eigenvalue weighted by Crippen LogP contribution is -2.54. The topological polar surface area (TPSA) is 86.8 Å². The van der Waals surface area contributed by atoms with E-state index in [1.807, 2.05) is 58.9 Å². The molecule has 0 aliphatic carbocycles. The van der Waals surface area contributed by atoms with E-state index in [-0.39, 0.29) is 23.0 Å². The van der Waals surface area contributed by atoms with Gasteiger partial charge >= 0.3 is 0 Å². The zero-order valence-electron chi connectivity index (χ0n) is 23.2. The van der Waals surface area contributed by atoms with Gasteiger partial charge in [0.05, 0.1) is 10.6 Å². The van der Waals surface area contributed by atoms with Crippen LogP contribution in [-0.2, 0) is 26.2 Å². The summed E-state index contributed by atoms with van der Waals surface area (Å²) in [4.78, 5) is 28.6. The van der Waals surface area contributed by atoms with Crippen LogP contribution in [0.4, 0.5) is 5.69 Å². The van der Waals surface area contributed by atoms with Crippen LogP contribution in [0.15, 0.2) is 77.7 Å². The summed E-state index contributed by atoms with van der Waals surface area (Å²) in [6.07, 6.45) is 0. The largest absolute Gasteiger partial charge is 0.350 e. The number of rotatable bonds is 9. The number of hydrogen-bond donors (Lipinski definition) is 1. The number of sulfonamides is 1. The highest BCUT2D eigenvalue weighted by atomic mass is 35.5. The average molecular weight is 570 g/mol. The number of benzene rings is 3. The van der Waals surface area contributed by atoms with E-state index < -0.39 is 34.1 Å². The maximum atomic E-state index is 14.0. The number of halogens is 1. The van der Waals surface area contributed by atoms with Gasteiger partial charge in [-0.3, -0.25) is 13.9 Å². The summed E-state index contributed by atoms with van der Waals surface area (Å²) in [5.74, 6) is -0.843. The molecule has 0 aliphatic heterocycles. The van der Waals surface area contributed by atoms with Gasteiger partial charge in [0, 0.05) is 17.1 Å². The molecule has 1 atom stereocenters. The summed E-state index contributed by atoms with van der Waals surface area (Å²) in [7, 11) is -4.13. The fourth-order valence-electron chi connectivity index (χ4n) is 4.00. The predicted molar refractivity (Wildman–Crippen MR) is 156 cm³/mol. The monoisotopic (exact) mass is 569 g/mol. The van der Waals surface area contributed by atoms with Crippen LogP contribution in [0, 0.1) is 13.8 Å². The van der Waals surface area contributed by atoms with Crippen LogP contribution in [-0.4, -0.2) is 43.3 Å². The van der Waals surface area contributed by atoms with Crippen molar-refractivity contribution in [3.8, 4) is 0 Å². The van der Waals surface area contributed by atoms with E-state index in [1.165, 1.54) is 17.0 Å². The Kier molecular flexibility index (Phi) is 9.46. The number of anilines is 1. The molecule has 9 heteroatoms. The lowest BCUT2D eigenvalue weighted by Gasteiger charge is -2.33. The number of amides is 2. The number of aryl methyl sites for hydroxylation is 2. The van der Waals surface area contributed by atoms with Gasteiger partial charge in [0.15, 0.2) is 0 Å². The molecule has 0 heterocycles. The van der Waals surface area contributed by atoms with Gasteiger partial charge in [0.2, 0.25) is 11.8 Å². The molecule has 208 valence electrons. The van der Waals surface area contributed by atoms with Gasteiger partial charge in [-0.05, 0) is 89.1 Å². The van der Waals surface area contributed by atoms with E-state index in [0.29, 0.717) is 5.02 Å². The molecule has 0 saturated carbocycles. The van der Waals surface area contributed by atoms with Crippen LogP contribution in [0.1, 0.15) is 44.4 Å². The quantitative estimate of drug-likeness (QED) is 0.369. The number of carbonyl (C=O) groups excluding carboxylic acids is 2. The van der Waals surface area contributed by atoms with Gasteiger partial charge in [-0.2, -0.15) is 0 Å². The average Bonchev–Trinajstić information content (AvgIpc) is 2.86. The van der Waals surface area contributed by atoms with Crippen molar-refractivity contribution in [3.05, 3.63) is 94.5 Å². The van der Waals surface area contributed by atoms with E-state index in [9.17, 15) is 18.0 Å². The summed E-state index contributed by atoms with van der Waals surface area (Å²) in [6.45, 7) is 10.7. The molecule has 0 saturated heterocycles. The minimum absolute atomic E-state index is 0.0554.